The number of halogens is 2. The molecule has 16 heavy (non-hydrogen) atoms. The Kier molecular flexibility index (Phi) is 3.93. The highest BCUT2D eigenvalue weighted by molar-refractivity contribution is 5.69. The van der Waals surface area contributed by atoms with Crippen LogP contribution >= 0.6 is 0 Å². The molecule has 0 aliphatic heterocycles. The Hall–Kier alpha value is -1.98. The smallest absolute Gasteiger partial charge is 0.308 e. The lowest BCUT2D eigenvalue weighted by Gasteiger charge is -2.07. The van der Waals surface area contributed by atoms with Gasteiger partial charge in [0.05, 0.1) is 0 Å². The van der Waals surface area contributed by atoms with Crippen LogP contribution in [0.25, 0.3) is 0 Å². The van der Waals surface area contributed by atoms with Gasteiger partial charge in [-0.3, -0.25) is 9.59 Å². The van der Waals surface area contributed by atoms with Crippen LogP contribution in [0.1, 0.15) is 12.5 Å². The van der Waals surface area contributed by atoms with Crippen LogP contribution in [0.15, 0.2) is 12.1 Å². The second-order valence-corrected chi connectivity index (χ2v) is 2.98. The topological polar surface area (TPSA) is 55.4 Å². The minimum Gasteiger partial charge on any atom is -0.420 e. The molecule has 0 saturated carbocycles. The number of carbonyl (C=O) groups excluding carboxylic acids is 2. The molecule has 0 aliphatic rings. The Labute approximate surface area is 90.2 Å². The summed E-state index contributed by atoms with van der Waals surface area (Å²) in [5, 5.41) is 2.26. The van der Waals surface area contributed by atoms with Crippen LogP contribution in [-0.2, 0) is 16.1 Å². The first kappa shape index (κ1) is 12.1. The van der Waals surface area contributed by atoms with E-state index in [0.717, 1.165) is 19.1 Å². The molecule has 0 heterocycles. The molecule has 0 bridgehead atoms. The molecule has 6 heteroatoms. The fraction of sp³-hybridized carbons (Fsp3) is 0.200. The Morgan fingerprint density at radius 2 is 2.00 bits per heavy atom. The monoisotopic (exact) mass is 229 g/mol. The summed E-state index contributed by atoms with van der Waals surface area (Å²) >= 11 is 0. The van der Waals surface area contributed by atoms with Gasteiger partial charge in [-0.2, -0.15) is 0 Å². The van der Waals surface area contributed by atoms with Crippen molar-refractivity contribution in [2.45, 2.75) is 13.5 Å². The van der Waals surface area contributed by atoms with Gasteiger partial charge in [-0.05, 0) is 17.7 Å². The zero-order valence-corrected chi connectivity index (χ0v) is 8.42. The van der Waals surface area contributed by atoms with E-state index in [0.29, 0.717) is 6.41 Å². The van der Waals surface area contributed by atoms with Crippen molar-refractivity contribution in [3.63, 3.8) is 0 Å². The molecular formula is C10H9F2NO3. The number of carbonyl (C=O) groups is 2. The summed E-state index contributed by atoms with van der Waals surface area (Å²) in [5.74, 6) is -3.52. The highest BCUT2D eigenvalue weighted by Crippen LogP contribution is 2.23. The van der Waals surface area contributed by atoms with Crippen molar-refractivity contribution in [3.05, 3.63) is 29.3 Å². The van der Waals surface area contributed by atoms with Crippen LogP contribution in [0.2, 0.25) is 0 Å². The second-order valence-electron chi connectivity index (χ2n) is 2.98. The third kappa shape index (κ3) is 3.01. The molecule has 1 aromatic rings. The van der Waals surface area contributed by atoms with Gasteiger partial charge in [-0.25, -0.2) is 8.78 Å². The first-order valence-corrected chi connectivity index (χ1v) is 4.38. The molecule has 0 unspecified atom stereocenters. The van der Waals surface area contributed by atoms with E-state index in [9.17, 15) is 18.4 Å². The maximum Gasteiger partial charge on any atom is 0.308 e. The van der Waals surface area contributed by atoms with Crippen LogP contribution in [0.3, 0.4) is 0 Å². The van der Waals surface area contributed by atoms with Gasteiger partial charge in [-0.1, -0.05) is 0 Å². The summed E-state index contributed by atoms with van der Waals surface area (Å²) in [6, 6.07) is 1.97. The standard InChI is InChI=1S/C10H9F2NO3/c1-6(15)16-10-8(11)2-7(3-9(10)12)4-13-5-14/h2-3,5H,4H2,1H3,(H,13,14). The molecule has 0 saturated heterocycles. The van der Waals surface area contributed by atoms with Gasteiger partial charge in [0.15, 0.2) is 11.6 Å². The molecule has 1 aromatic carbocycles. The zero-order chi connectivity index (χ0) is 12.1. The normalized spacial score (nSPS) is 9.69. The maximum absolute atomic E-state index is 13.3. The second kappa shape index (κ2) is 5.20. The summed E-state index contributed by atoms with van der Waals surface area (Å²) in [7, 11) is 0. The maximum atomic E-state index is 13.3. The van der Waals surface area contributed by atoms with Crippen LogP contribution < -0.4 is 10.1 Å². The molecule has 1 N–H and O–H groups in total. The SMILES string of the molecule is CC(=O)Oc1c(F)cc(CNC=O)cc1F. The van der Waals surface area contributed by atoms with Gasteiger partial charge in [-0.15, -0.1) is 0 Å². The van der Waals surface area contributed by atoms with Gasteiger partial charge >= 0.3 is 5.97 Å². The highest BCUT2D eigenvalue weighted by atomic mass is 19.1. The molecule has 0 atom stereocenters. The van der Waals surface area contributed by atoms with Crippen molar-refractivity contribution in [2.24, 2.45) is 0 Å². The van der Waals surface area contributed by atoms with Crippen molar-refractivity contribution < 1.29 is 23.1 Å². The molecular weight excluding hydrogens is 220 g/mol. The first-order valence-electron chi connectivity index (χ1n) is 4.38. The highest BCUT2D eigenvalue weighted by Gasteiger charge is 2.14. The van der Waals surface area contributed by atoms with Gasteiger partial charge in [0.1, 0.15) is 0 Å². The predicted molar refractivity (Wildman–Crippen MR) is 50.6 cm³/mol. The van der Waals surface area contributed by atoms with Gasteiger partial charge in [0.25, 0.3) is 0 Å². The minimum absolute atomic E-state index is 0.00229. The first-order chi connectivity index (χ1) is 7.54. The summed E-state index contributed by atoms with van der Waals surface area (Å²) in [4.78, 5) is 20.6. The average molecular weight is 229 g/mol. The van der Waals surface area contributed by atoms with E-state index in [1.807, 2.05) is 0 Å². The van der Waals surface area contributed by atoms with Crippen LogP contribution in [0.4, 0.5) is 8.78 Å². The number of hydrogen-bond acceptors (Lipinski definition) is 3. The number of nitrogens with one attached hydrogen (secondary N) is 1. The van der Waals surface area contributed by atoms with Crippen LogP contribution in [0, 0.1) is 11.6 Å². The Morgan fingerprint density at radius 3 is 2.44 bits per heavy atom. The Balaban J connectivity index is 2.97. The lowest BCUT2D eigenvalue weighted by molar-refractivity contribution is -0.132. The lowest BCUT2D eigenvalue weighted by atomic mass is 10.2. The molecule has 0 radical (unpaired) electrons. The zero-order valence-electron chi connectivity index (χ0n) is 8.42. The molecule has 86 valence electrons. The van der Waals surface area contributed by atoms with E-state index in [1.165, 1.54) is 0 Å². The predicted octanol–water partition coefficient (Wildman–Crippen LogP) is 1.14. The molecule has 0 fully saturated rings. The molecule has 0 aromatic heterocycles. The number of rotatable bonds is 4. The summed E-state index contributed by atoms with van der Waals surface area (Å²) < 4.78 is 30.9. The fourth-order valence-electron chi connectivity index (χ4n) is 1.12. The molecule has 4 nitrogen and oxygen atoms in total. The minimum atomic E-state index is -0.988. The van der Waals surface area contributed by atoms with Gasteiger partial charge in [0.2, 0.25) is 12.2 Å². The van der Waals surface area contributed by atoms with Gasteiger partial charge < -0.3 is 10.1 Å². The average Bonchev–Trinajstić information content (AvgIpc) is 2.20. The van der Waals surface area contributed by atoms with Crippen molar-refractivity contribution in [1.82, 2.24) is 5.32 Å². The largest absolute Gasteiger partial charge is 0.420 e. The summed E-state index contributed by atoms with van der Waals surface area (Å²) in [6.45, 7) is 1.04. The Morgan fingerprint density at radius 1 is 1.44 bits per heavy atom. The van der Waals surface area contributed by atoms with Crippen molar-refractivity contribution in [3.8, 4) is 5.75 Å². The number of benzene rings is 1. The number of ether oxygens (including phenoxy) is 1. The van der Waals surface area contributed by atoms with Crippen molar-refractivity contribution in [1.29, 1.82) is 0 Å². The molecule has 0 spiro atoms. The van der Waals surface area contributed by atoms with Crippen LogP contribution in [0.5, 0.6) is 5.75 Å². The van der Waals surface area contributed by atoms with E-state index < -0.39 is 23.4 Å². The van der Waals surface area contributed by atoms with Gasteiger partial charge in [0, 0.05) is 13.5 Å². The van der Waals surface area contributed by atoms with E-state index in [2.05, 4.69) is 10.1 Å². The quantitative estimate of drug-likeness (QED) is 0.478. The third-order valence-electron chi connectivity index (χ3n) is 1.69. The van der Waals surface area contributed by atoms with E-state index >= 15 is 0 Å². The van der Waals surface area contributed by atoms with Crippen LogP contribution in [-0.4, -0.2) is 12.4 Å². The van der Waals surface area contributed by atoms with Crippen molar-refractivity contribution >= 4 is 12.4 Å². The van der Waals surface area contributed by atoms with E-state index in [-0.39, 0.29) is 12.1 Å². The Bertz CT molecular complexity index is 398. The summed E-state index contributed by atoms with van der Waals surface area (Å²) in [6.07, 6.45) is 0.412. The fourth-order valence-corrected chi connectivity index (χ4v) is 1.12. The molecule has 1 rings (SSSR count). The molecule has 0 aliphatic carbocycles. The summed E-state index contributed by atoms with van der Waals surface area (Å²) in [5.41, 5.74) is 0.234. The number of esters is 1. The van der Waals surface area contributed by atoms with Crippen molar-refractivity contribution in [2.75, 3.05) is 0 Å². The number of hydrogen-bond donors (Lipinski definition) is 1. The third-order valence-corrected chi connectivity index (χ3v) is 1.69. The van der Waals surface area contributed by atoms with E-state index in [1.54, 1.807) is 0 Å². The molecule has 1 amide bonds. The van der Waals surface area contributed by atoms with E-state index in [4.69, 9.17) is 0 Å². The number of amides is 1. The lowest BCUT2D eigenvalue weighted by Crippen LogP contribution is -2.11.